The molecule has 0 radical (unpaired) electrons. The molecule has 5 heteroatoms. The zero-order valence-electron chi connectivity index (χ0n) is 12.1. The molecule has 0 saturated carbocycles. The zero-order chi connectivity index (χ0) is 14.7. The number of hydrogen-bond donors (Lipinski definition) is 1. The third kappa shape index (κ3) is 2.94. The minimum absolute atomic E-state index is 0.541. The summed E-state index contributed by atoms with van der Waals surface area (Å²) in [4.78, 5) is 4.07. The van der Waals surface area contributed by atoms with E-state index in [2.05, 4.69) is 39.9 Å². The number of nitrogens with zero attached hydrogens (tertiary/aromatic N) is 3. The van der Waals surface area contributed by atoms with Gasteiger partial charge in [-0.15, -0.1) is 0 Å². The van der Waals surface area contributed by atoms with Crippen molar-refractivity contribution in [2.24, 2.45) is 0 Å². The summed E-state index contributed by atoms with van der Waals surface area (Å²) >= 11 is 3.62. The van der Waals surface area contributed by atoms with E-state index in [9.17, 15) is 5.11 Å². The summed E-state index contributed by atoms with van der Waals surface area (Å²) in [6.07, 6.45) is 4.38. The minimum Gasteiger partial charge on any atom is -0.388 e. The van der Waals surface area contributed by atoms with Crippen LogP contribution in [0, 0.1) is 6.92 Å². The van der Waals surface area contributed by atoms with E-state index in [0.29, 0.717) is 6.42 Å². The van der Waals surface area contributed by atoms with Crippen LogP contribution in [-0.2, 0) is 19.4 Å². The first-order valence-electron chi connectivity index (χ1n) is 6.91. The second-order valence-electron chi connectivity index (χ2n) is 4.83. The van der Waals surface area contributed by atoms with Crippen LogP contribution < -0.4 is 0 Å². The number of aryl methyl sites for hydroxylation is 3. The second-order valence-corrected chi connectivity index (χ2v) is 5.62. The fourth-order valence-corrected chi connectivity index (χ4v) is 3.09. The molecule has 0 spiro atoms. The number of halogens is 1. The largest absolute Gasteiger partial charge is 0.388 e. The quantitative estimate of drug-likeness (QED) is 0.911. The van der Waals surface area contributed by atoms with Gasteiger partial charge in [-0.05, 0) is 53.4 Å². The van der Waals surface area contributed by atoms with Gasteiger partial charge in [-0.2, -0.15) is 5.10 Å². The highest BCUT2D eigenvalue weighted by Crippen LogP contribution is 2.28. The highest BCUT2D eigenvalue weighted by Gasteiger charge is 2.19. The molecule has 2 rings (SSSR count). The fourth-order valence-electron chi connectivity index (χ4n) is 2.36. The second kappa shape index (κ2) is 6.50. The van der Waals surface area contributed by atoms with Gasteiger partial charge < -0.3 is 5.11 Å². The van der Waals surface area contributed by atoms with Crippen molar-refractivity contribution in [3.63, 3.8) is 0 Å². The molecule has 1 unspecified atom stereocenters. The van der Waals surface area contributed by atoms with Gasteiger partial charge in [0, 0.05) is 25.4 Å². The third-order valence-corrected chi connectivity index (χ3v) is 4.42. The van der Waals surface area contributed by atoms with Crippen LogP contribution >= 0.6 is 15.9 Å². The summed E-state index contributed by atoms with van der Waals surface area (Å²) in [5.74, 6) is 0. The average molecular weight is 338 g/mol. The molecule has 1 N–H and O–H groups in total. The van der Waals surface area contributed by atoms with E-state index < -0.39 is 6.10 Å². The first kappa shape index (κ1) is 15.2. The lowest BCUT2D eigenvalue weighted by Gasteiger charge is -2.14. The van der Waals surface area contributed by atoms with E-state index in [4.69, 9.17) is 0 Å². The van der Waals surface area contributed by atoms with Gasteiger partial charge in [-0.3, -0.25) is 9.67 Å². The van der Waals surface area contributed by atoms with Crippen LogP contribution in [0.15, 0.2) is 22.9 Å². The first-order chi connectivity index (χ1) is 9.58. The summed E-state index contributed by atoms with van der Waals surface area (Å²) in [7, 11) is 0. The average Bonchev–Trinajstić information content (AvgIpc) is 2.75. The molecule has 0 saturated heterocycles. The van der Waals surface area contributed by atoms with Crippen LogP contribution in [-0.4, -0.2) is 19.9 Å². The number of aliphatic hydroxyl groups excluding tert-OH is 1. The summed E-state index contributed by atoms with van der Waals surface area (Å²) < 4.78 is 2.98. The van der Waals surface area contributed by atoms with Crippen LogP contribution in [0.25, 0.3) is 0 Å². The lowest BCUT2D eigenvalue weighted by Crippen LogP contribution is -2.10. The number of hydrogen-bond acceptors (Lipinski definition) is 3. The normalized spacial score (nSPS) is 12.7. The van der Waals surface area contributed by atoms with Gasteiger partial charge >= 0.3 is 0 Å². The van der Waals surface area contributed by atoms with Gasteiger partial charge in [-0.1, -0.05) is 6.92 Å². The third-order valence-electron chi connectivity index (χ3n) is 3.50. The van der Waals surface area contributed by atoms with Crippen molar-refractivity contribution >= 4 is 15.9 Å². The van der Waals surface area contributed by atoms with Crippen molar-refractivity contribution in [2.45, 2.75) is 46.3 Å². The number of pyridine rings is 1. The summed E-state index contributed by atoms with van der Waals surface area (Å²) in [6, 6.07) is 1.88. The Morgan fingerprint density at radius 3 is 2.75 bits per heavy atom. The predicted molar refractivity (Wildman–Crippen MR) is 82.6 cm³/mol. The fraction of sp³-hybridized carbons (Fsp3) is 0.467. The van der Waals surface area contributed by atoms with Gasteiger partial charge in [-0.25, -0.2) is 0 Å². The van der Waals surface area contributed by atoms with Gasteiger partial charge in [0.1, 0.15) is 0 Å². The molecule has 2 aromatic rings. The highest BCUT2D eigenvalue weighted by molar-refractivity contribution is 9.10. The van der Waals surface area contributed by atoms with Crippen LogP contribution in [0.2, 0.25) is 0 Å². The number of aliphatic hydroxyl groups is 1. The van der Waals surface area contributed by atoms with Crippen molar-refractivity contribution < 1.29 is 5.11 Å². The van der Waals surface area contributed by atoms with Gasteiger partial charge in [0.25, 0.3) is 0 Å². The van der Waals surface area contributed by atoms with Crippen molar-refractivity contribution in [3.8, 4) is 0 Å². The molecule has 20 heavy (non-hydrogen) atoms. The lowest BCUT2D eigenvalue weighted by atomic mass is 10.0. The van der Waals surface area contributed by atoms with E-state index in [1.54, 1.807) is 12.4 Å². The summed E-state index contributed by atoms with van der Waals surface area (Å²) in [5.41, 5.74) is 4.02. The first-order valence-corrected chi connectivity index (χ1v) is 7.70. The number of rotatable bonds is 5. The molecule has 108 valence electrons. The molecule has 0 aliphatic carbocycles. The van der Waals surface area contributed by atoms with Crippen molar-refractivity contribution in [1.29, 1.82) is 0 Å². The van der Waals surface area contributed by atoms with Crippen LogP contribution in [0.3, 0.4) is 0 Å². The van der Waals surface area contributed by atoms with Crippen LogP contribution in [0.1, 0.15) is 42.5 Å². The Labute approximate surface area is 128 Å². The Morgan fingerprint density at radius 2 is 2.15 bits per heavy atom. The summed E-state index contributed by atoms with van der Waals surface area (Å²) in [6.45, 7) is 6.91. The maximum atomic E-state index is 10.5. The smallest absolute Gasteiger partial charge is 0.0849 e. The monoisotopic (exact) mass is 337 g/mol. The molecule has 2 aromatic heterocycles. The zero-order valence-corrected chi connectivity index (χ0v) is 13.7. The molecular weight excluding hydrogens is 318 g/mol. The van der Waals surface area contributed by atoms with Gasteiger partial charge in [0.15, 0.2) is 0 Å². The van der Waals surface area contributed by atoms with Gasteiger partial charge in [0.2, 0.25) is 0 Å². The maximum Gasteiger partial charge on any atom is 0.0849 e. The molecule has 0 aromatic carbocycles. The molecule has 2 heterocycles. The SMILES string of the molecule is CCc1nn(CC)c(CC(O)c2ccncc2C)c1Br. The highest BCUT2D eigenvalue weighted by atomic mass is 79.9. The Balaban J connectivity index is 2.30. The topological polar surface area (TPSA) is 50.9 Å². The molecule has 0 fully saturated rings. The summed E-state index contributed by atoms with van der Waals surface area (Å²) in [5, 5.41) is 15.1. The molecule has 0 bridgehead atoms. The molecule has 1 atom stereocenters. The van der Waals surface area contributed by atoms with Crippen LogP contribution in [0.4, 0.5) is 0 Å². The maximum absolute atomic E-state index is 10.5. The Bertz CT molecular complexity index is 595. The van der Waals surface area contributed by atoms with E-state index in [0.717, 1.165) is 40.0 Å². The lowest BCUT2D eigenvalue weighted by molar-refractivity contribution is 0.174. The van der Waals surface area contributed by atoms with E-state index >= 15 is 0 Å². The van der Waals surface area contributed by atoms with E-state index in [1.807, 2.05) is 17.7 Å². The molecular formula is C15H20BrN3O. The molecule has 0 aliphatic heterocycles. The van der Waals surface area contributed by atoms with Crippen LogP contribution in [0.5, 0.6) is 0 Å². The van der Waals surface area contributed by atoms with E-state index in [1.165, 1.54) is 0 Å². The van der Waals surface area contributed by atoms with Crippen molar-refractivity contribution in [1.82, 2.24) is 14.8 Å². The van der Waals surface area contributed by atoms with Gasteiger partial charge in [0.05, 0.1) is 22.0 Å². The van der Waals surface area contributed by atoms with E-state index in [-0.39, 0.29) is 0 Å². The van der Waals surface area contributed by atoms with Crippen molar-refractivity contribution in [2.75, 3.05) is 0 Å². The molecule has 4 nitrogen and oxygen atoms in total. The standard InChI is InChI=1S/C15H20BrN3O/c1-4-12-15(16)13(19(5-2)18-12)8-14(20)11-6-7-17-9-10(11)3/h6-7,9,14,20H,4-5,8H2,1-3H3. The molecule has 0 aliphatic rings. The Hall–Kier alpha value is -1.20. The Morgan fingerprint density at radius 1 is 1.40 bits per heavy atom. The van der Waals surface area contributed by atoms with Crippen molar-refractivity contribution in [3.05, 3.63) is 45.4 Å². The predicted octanol–water partition coefficient (Wildman–Crippen LogP) is 3.21. The Kier molecular flexibility index (Phi) is 4.94. The minimum atomic E-state index is -0.541. The molecule has 0 amide bonds. The number of aromatic nitrogens is 3.